The largest absolute Gasteiger partial charge is 0.488 e. The van der Waals surface area contributed by atoms with Crippen molar-refractivity contribution in [1.29, 1.82) is 0 Å². The van der Waals surface area contributed by atoms with Gasteiger partial charge < -0.3 is 14.8 Å². The molecule has 0 saturated heterocycles. The van der Waals surface area contributed by atoms with E-state index in [1.54, 1.807) is 0 Å². The van der Waals surface area contributed by atoms with E-state index in [4.69, 9.17) is 9.47 Å². The second-order valence-corrected chi connectivity index (χ2v) is 8.94. The number of hydrogen-bond acceptors (Lipinski definition) is 3. The minimum atomic E-state index is 0.470. The average Bonchev–Trinajstić information content (AvgIpc) is 2.84. The van der Waals surface area contributed by atoms with Gasteiger partial charge in [0.05, 0.1) is 0 Å². The van der Waals surface area contributed by atoms with Gasteiger partial charge in [0, 0.05) is 23.7 Å². The van der Waals surface area contributed by atoms with E-state index in [1.165, 1.54) is 44.1 Å². The molecule has 0 aliphatic heterocycles. The third-order valence-corrected chi connectivity index (χ3v) is 6.35. The molecule has 1 aliphatic rings. The normalized spacial score (nSPS) is 15.3. The van der Waals surface area contributed by atoms with E-state index in [1.807, 2.05) is 54.6 Å². The Balaban J connectivity index is 1.34. The van der Waals surface area contributed by atoms with Crippen molar-refractivity contribution < 1.29 is 9.47 Å². The Labute approximate surface area is 192 Å². The van der Waals surface area contributed by atoms with Gasteiger partial charge in [-0.15, -0.1) is 0 Å². The van der Waals surface area contributed by atoms with Crippen LogP contribution in [0.2, 0.25) is 0 Å². The summed E-state index contributed by atoms with van der Waals surface area (Å²) in [4.78, 5) is 0. The van der Waals surface area contributed by atoms with Gasteiger partial charge in [-0.3, -0.25) is 0 Å². The third-order valence-electron chi connectivity index (χ3n) is 6.35. The first-order valence-electron chi connectivity index (χ1n) is 12.0. The van der Waals surface area contributed by atoms with E-state index in [2.05, 4.69) is 36.5 Å². The Morgan fingerprint density at radius 2 is 1.44 bits per heavy atom. The molecule has 0 spiro atoms. The lowest BCUT2D eigenvalue weighted by molar-refractivity contribution is 0.291. The molecule has 3 heteroatoms. The smallest absolute Gasteiger partial charge is 0.134 e. The van der Waals surface area contributed by atoms with Crippen LogP contribution in [-0.4, -0.2) is 6.04 Å². The molecule has 3 aromatic rings. The fraction of sp³-hybridized carbons (Fsp3) is 0.379. The molecule has 3 nitrogen and oxygen atoms in total. The van der Waals surface area contributed by atoms with Gasteiger partial charge in [-0.25, -0.2) is 0 Å². The zero-order valence-electron chi connectivity index (χ0n) is 19.1. The Kier molecular flexibility index (Phi) is 8.22. The summed E-state index contributed by atoms with van der Waals surface area (Å²) < 4.78 is 12.4. The standard InChI is InChI=1S/C29H35NO2/c1-23(20-24-12-4-2-5-13-24)30-21-25-14-8-10-18-28(25)31-22-26-15-9-11-19-29(26)32-27-16-6-3-7-17-27/h3,6-11,14-19,23-24,30H,2,4-5,12-13,20-22H2,1H3. The summed E-state index contributed by atoms with van der Waals surface area (Å²) in [7, 11) is 0. The zero-order valence-corrected chi connectivity index (χ0v) is 19.1. The second-order valence-electron chi connectivity index (χ2n) is 8.94. The number of nitrogens with one attached hydrogen (secondary N) is 1. The summed E-state index contributed by atoms with van der Waals surface area (Å²) in [6.07, 6.45) is 8.30. The highest BCUT2D eigenvalue weighted by molar-refractivity contribution is 5.39. The van der Waals surface area contributed by atoms with Crippen molar-refractivity contribution in [1.82, 2.24) is 5.32 Å². The topological polar surface area (TPSA) is 30.5 Å². The second kappa shape index (κ2) is 11.7. The number of para-hydroxylation sites is 3. The van der Waals surface area contributed by atoms with Crippen LogP contribution in [0.3, 0.4) is 0 Å². The number of rotatable bonds is 10. The van der Waals surface area contributed by atoms with Gasteiger partial charge in [0.2, 0.25) is 0 Å². The summed E-state index contributed by atoms with van der Waals surface area (Å²) >= 11 is 0. The van der Waals surface area contributed by atoms with Gasteiger partial charge in [0.25, 0.3) is 0 Å². The van der Waals surface area contributed by atoms with Crippen molar-refractivity contribution in [3.63, 3.8) is 0 Å². The highest BCUT2D eigenvalue weighted by Crippen LogP contribution is 2.29. The average molecular weight is 430 g/mol. The molecule has 0 bridgehead atoms. The molecule has 0 heterocycles. The van der Waals surface area contributed by atoms with Gasteiger partial charge in [0.1, 0.15) is 23.9 Å². The van der Waals surface area contributed by atoms with Crippen LogP contribution in [-0.2, 0) is 13.2 Å². The summed E-state index contributed by atoms with van der Waals surface area (Å²) in [5.41, 5.74) is 2.23. The van der Waals surface area contributed by atoms with Crippen molar-refractivity contribution in [2.24, 2.45) is 5.92 Å². The molecule has 1 unspecified atom stereocenters. The zero-order chi connectivity index (χ0) is 22.0. The number of benzene rings is 3. The molecule has 32 heavy (non-hydrogen) atoms. The molecule has 1 fully saturated rings. The van der Waals surface area contributed by atoms with Gasteiger partial charge in [0.15, 0.2) is 0 Å². The lowest BCUT2D eigenvalue weighted by Crippen LogP contribution is -2.28. The minimum Gasteiger partial charge on any atom is -0.488 e. The molecular weight excluding hydrogens is 394 g/mol. The van der Waals surface area contributed by atoms with E-state index < -0.39 is 0 Å². The molecule has 0 radical (unpaired) electrons. The van der Waals surface area contributed by atoms with Gasteiger partial charge in [-0.2, -0.15) is 0 Å². The van der Waals surface area contributed by atoms with Crippen LogP contribution < -0.4 is 14.8 Å². The first kappa shape index (κ1) is 22.4. The van der Waals surface area contributed by atoms with Crippen molar-refractivity contribution in [2.75, 3.05) is 0 Å². The van der Waals surface area contributed by atoms with Crippen LogP contribution >= 0.6 is 0 Å². The fourth-order valence-electron chi connectivity index (χ4n) is 4.57. The molecule has 0 amide bonds. The van der Waals surface area contributed by atoms with E-state index in [0.29, 0.717) is 12.6 Å². The molecule has 1 atom stereocenters. The van der Waals surface area contributed by atoms with Crippen LogP contribution in [0.1, 0.15) is 56.6 Å². The van der Waals surface area contributed by atoms with Crippen LogP contribution in [0.25, 0.3) is 0 Å². The number of hydrogen-bond donors (Lipinski definition) is 1. The van der Waals surface area contributed by atoms with Crippen molar-refractivity contribution >= 4 is 0 Å². The molecule has 0 aromatic heterocycles. The summed E-state index contributed by atoms with van der Waals surface area (Å²) in [6.45, 7) is 3.61. The summed E-state index contributed by atoms with van der Waals surface area (Å²) in [5, 5.41) is 3.72. The van der Waals surface area contributed by atoms with Crippen LogP contribution in [0.4, 0.5) is 0 Å². The van der Waals surface area contributed by atoms with E-state index >= 15 is 0 Å². The maximum Gasteiger partial charge on any atom is 0.134 e. The van der Waals surface area contributed by atoms with Crippen molar-refractivity contribution in [3.8, 4) is 17.2 Å². The Morgan fingerprint density at radius 3 is 2.22 bits per heavy atom. The predicted molar refractivity (Wildman–Crippen MR) is 131 cm³/mol. The SMILES string of the molecule is CC(CC1CCCCC1)NCc1ccccc1OCc1ccccc1Oc1ccccc1. The molecule has 4 rings (SSSR count). The minimum absolute atomic E-state index is 0.470. The lowest BCUT2D eigenvalue weighted by Gasteiger charge is -2.25. The van der Waals surface area contributed by atoms with Crippen molar-refractivity contribution in [3.05, 3.63) is 90.0 Å². The summed E-state index contributed by atoms with van der Waals surface area (Å²) in [6, 6.07) is 26.8. The molecule has 3 aromatic carbocycles. The first-order valence-corrected chi connectivity index (χ1v) is 12.0. The van der Waals surface area contributed by atoms with Crippen LogP contribution in [0.15, 0.2) is 78.9 Å². The van der Waals surface area contributed by atoms with E-state index in [0.717, 1.165) is 35.3 Å². The van der Waals surface area contributed by atoms with E-state index in [-0.39, 0.29) is 0 Å². The Morgan fingerprint density at radius 1 is 0.781 bits per heavy atom. The molecular formula is C29H35NO2. The summed E-state index contributed by atoms with van der Waals surface area (Å²) in [5.74, 6) is 3.48. The van der Waals surface area contributed by atoms with Gasteiger partial charge in [-0.1, -0.05) is 86.7 Å². The predicted octanol–water partition coefficient (Wildman–Crippen LogP) is 7.51. The van der Waals surface area contributed by atoms with Gasteiger partial charge >= 0.3 is 0 Å². The monoisotopic (exact) mass is 429 g/mol. The highest BCUT2D eigenvalue weighted by atomic mass is 16.5. The quantitative estimate of drug-likeness (QED) is 0.362. The molecule has 1 N–H and O–H groups in total. The first-order chi connectivity index (χ1) is 15.8. The maximum atomic E-state index is 6.26. The van der Waals surface area contributed by atoms with Crippen LogP contribution in [0, 0.1) is 5.92 Å². The van der Waals surface area contributed by atoms with Crippen molar-refractivity contribution in [2.45, 2.75) is 64.6 Å². The third kappa shape index (κ3) is 6.61. The van der Waals surface area contributed by atoms with E-state index in [9.17, 15) is 0 Å². The van der Waals surface area contributed by atoms with Gasteiger partial charge in [-0.05, 0) is 43.5 Å². The van der Waals surface area contributed by atoms with Crippen LogP contribution in [0.5, 0.6) is 17.2 Å². The Hall–Kier alpha value is -2.78. The molecule has 168 valence electrons. The number of ether oxygens (including phenoxy) is 2. The Bertz CT molecular complexity index is 950. The maximum absolute atomic E-state index is 6.26. The fourth-order valence-corrected chi connectivity index (χ4v) is 4.57. The molecule has 1 saturated carbocycles. The highest BCUT2D eigenvalue weighted by Gasteiger charge is 2.16. The lowest BCUT2D eigenvalue weighted by atomic mass is 9.85. The molecule has 1 aliphatic carbocycles.